The van der Waals surface area contributed by atoms with E-state index in [4.69, 9.17) is 0 Å². The normalized spacial score (nSPS) is 14.1. The summed E-state index contributed by atoms with van der Waals surface area (Å²) in [4.78, 5) is 2.56. The summed E-state index contributed by atoms with van der Waals surface area (Å²) in [6, 6.07) is 18.9. The van der Waals surface area contributed by atoms with Crippen molar-refractivity contribution in [3.8, 4) is 0 Å². The van der Waals surface area contributed by atoms with E-state index in [1.807, 2.05) is 17.8 Å². The molecule has 3 rings (SSSR count). The number of hydrogen-bond acceptors (Lipinski definition) is 1. The molecule has 0 saturated carbocycles. The zero-order chi connectivity index (χ0) is 11.7. The molecule has 1 heterocycles. The van der Waals surface area contributed by atoms with Crippen molar-refractivity contribution in [2.24, 2.45) is 0 Å². The zero-order valence-corrected chi connectivity index (χ0v) is 10.2. The molecule has 17 heavy (non-hydrogen) atoms. The van der Waals surface area contributed by atoms with Gasteiger partial charge in [0.15, 0.2) is 0 Å². The number of benzene rings is 2. The molecule has 1 aliphatic heterocycles. The molecule has 2 aromatic rings. The van der Waals surface area contributed by atoms with E-state index in [0.717, 1.165) is 5.57 Å². The number of hydrogen-bond donors (Lipinski definition) is 0. The summed E-state index contributed by atoms with van der Waals surface area (Å²) >= 11 is 1.81. The van der Waals surface area contributed by atoms with Gasteiger partial charge >= 0.3 is 0 Å². The van der Waals surface area contributed by atoms with Crippen molar-refractivity contribution in [3.05, 3.63) is 78.4 Å². The fourth-order valence-electron chi connectivity index (χ4n) is 1.95. The van der Waals surface area contributed by atoms with E-state index in [9.17, 15) is 0 Å². The van der Waals surface area contributed by atoms with Crippen LogP contribution in [0.3, 0.4) is 0 Å². The van der Waals surface area contributed by atoms with Crippen molar-refractivity contribution >= 4 is 22.2 Å². The van der Waals surface area contributed by atoms with Gasteiger partial charge in [0.2, 0.25) is 0 Å². The fourth-order valence-corrected chi connectivity index (χ4v) is 3.10. The highest BCUT2D eigenvalue weighted by atomic mass is 32.2. The predicted octanol–water partition coefficient (Wildman–Crippen LogP) is 4.85. The maximum atomic E-state index is 4.14. The Morgan fingerprint density at radius 3 is 2.35 bits per heavy atom. The van der Waals surface area contributed by atoms with Gasteiger partial charge in [0.1, 0.15) is 0 Å². The molecule has 0 N–H and O–H groups in total. The van der Waals surface area contributed by atoms with Gasteiger partial charge in [0.05, 0.1) is 0 Å². The van der Waals surface area contributed by atoms with Gasteiger partial charge in [-0.1, -0.05) is 66.9 Å². The average Bonchev–Trinajstić information content (AvgIpc) is 2.40. The second-order valence-corrected chi connectivity index (χ2v) is 5.08. The Kier molecular flexibility index (Phi) is 2.62. The molecule has 0 aliphatic carbocycles. The van der Waals surface area contributed by atoms with Crippen molar-refractivity contribution < 1.29 is 0 Å². The Morgan fingerprint density at radius 1 is 0.824 bits per heavy atom. The summed E-state index contributed by atoms with van der Waals surface area (Å²) in [5, 5.41) is 0. The quantitative estimate of drug-likeness (QED) is 0.682. The van der Waals surface area contributed by atoms with Crippen LogP contribution < -0.4 is 0 Å². The minimum Gasteiger partial charge on any atom is -0.0911 e. The molecule has 82 valence electrons. The molecule has 1 aliphatic rings. The topological polar surface area (TPSA) is 0 Å². The van der Waals surface area contributed by atoms with Crippen molar-refractivity contribution in [1.29, 1.82) is 0 Å². The molecule has 0 bridgehead atoms. The molecule has 0 fully saturated rings. The Hall–Kier alpha value is -1.73. The monoisotopic (exact) mass is 236 g/mol. The van der Waals surface area contributed by atoms with Gasteiger partial charge in [-0.05, 0) is 28.8 Å². The van der Waals surface area contributed by atoms with Crippen LogP contribution in [0.4, 0.5) is 0 Å². The highest BCUT2D eigenvalue weighted by molar-refractivity contribution is 8.08. The van der Waals surface area contributed by atoms with Crippen LogP contribution in [0.2, 0.25) is 0 Å². The van der Waals surface area contributed by atoms with Gasteiger partial charge < -0.3 is 0 Å². The molecule has 0 amide bonds. The third-order valence-electron chi connectivity index (χ3n) is 2.82. The van der Waals surface area contributed by atoms with Crippen LogP contribution in [-0.2, 0) is 0 Å². The molecule has 1 heteroatoms. The lowest BCUT2D eigenvalue weighted by atomic mass is 10.1. The second kappa shape index (κ2) is 4.27. The highest BCUT2D eigenvalue weighted by Gasteiger charge is 2.14. The number of rotatable bonds is 1. The van der Waals surface area contributed by atoms with Crippen LogP contribution in [0.15, 0.2) is 72.1 Å². The van der Waals surface area contributed by atoms with E-state index < -0.39 is 0 Å². The third-order valence-corrected chi connectivity index (χ3v) is 3.97. The molecule has 0 nitrogen and oxygen atoms in total. The van der Waals surface area contributed by atoms with E-state index in [0.29, 0.717) is 0 Å². The Balaban J connectivity index is 2.05. The van der Waals surface area contributed by atoms with Gasteiger partial charge in [-0.3, -0.25) is 0 Å². The van der Waals surface area contributed by atoms with Crippen LogP contribution in [0, 0.1) is 0 Å². The Morgan fingerprint density at radius 2 is 1.53 bits per heavy atom. The van der Waals surface area contributed by atoms with Crippen LogP contribution in [0.5, 0.6) is 0 Å². The number of fused-ring (bicyclic) bond motifs is 1. The molecule has 0 radical (unpaired) electrons. The summed E-state index contributed by atoms with van der Waals surface area (Å²) in [5.41, 5.74) is 3.60. The molecular formula is C16H12S. The summed E-state index contributed by atoms with van der Waals surface area (Å²) in [6.45, 7) is 4.14. The Bertz CT molecular complexity index is 594. The van der Waals surface area contributed by atoms with Gasteiger partial charge in [0.25, 0.3) is 0 Å². The van der Waals surface area contributed by atoms with Crippen LogP contribution in [0.1, 0.15) is 11.1 Å². The third kappa shape index (κ3) is 1.94. The summed E-state index contributed by atoms with van der Waals surface area (Å²) in [5.74, 6) is 0. The molecular weight excluding hydrogens is 224 g/mol. The van der Waals surface area contributed by atoms with Gasteiger partial charge in [-0.15, -0.1) is 0 Å². The van der Waals surface area contributed by atoms with Crippen LogP contribution in [-0.4, -0.2) is 0 Å². The molecule has 0 atom stereocenters. The standard InChI is InChI=1S/C16H12S/c1-12-11-16(13-7-3-2-4-8-13)17-15-10-6-5-9-14(12)15/h2-11H,1H2. The highest BCUT2D eigenvalue weighted by Crippen LogP contribution is 2.43. The lowest BCUT2D eigenvalue weighted by molar-refractivity contribution is 1.40. The predicted molar refractivity (Wildman–Crippen MR) is 75.8 cm³/mol. The maximum Gasteiger partial charge on any atom is 0.0200 e. The maximum absolute atomic E-state index is 4.14. The Labute approximate surface area is 106 Å². The largest absolute Gasteiger partial charge is 0.0911 e. The van der Waals surface area contributed by atoms with Gasteiger partial charge in [-0.25, -0.2) is 0 Å². The van der Waals surface area contributed by atoms with E-state index in [2.05, 4.69) is 61.2 Å². The van der Waals surface area contributed by atoms with E-state index in [-0.39, 0.29) is 0 Å². The van der Waals surface area contributed by atoms with Crippen molar-refractivity contribution in [1.82, 2.24) is 0 Å². The molecule has 0 saturated heterocycles. The molecule has 0 unspecified atom stereocenters. The van der Waals surface area contributed by atoms with Crippen LogP contribution >= 0.6 is 11.8 Å². The molecule has 2 aromatic carbocycles. The van der Waals surface area contributed by atoms with Crippen molar-refractivity contribution in [2.45, 2.75) is 4.90 Å². The van der Waals surface area contributed by atoms with Gasteiger partial charge in [0, 0.05) is 9.80 Å². The lowest BCUT2D eigenvalue weighted by Gasteiger charge is -2.18. The summed E-state index contributed by atoms with van der Waals surface area (Å²) in [7, 11) is 0. The number of thioether (sulfide) groups is 1. The smallest absolute Gasteiger partial charge is 0.0200 e. The number of allylic oxidation sites excluding steroid dienone is 2. The second-order valence-electron chi connectivity index (χ2n) is 4.00. The summed E-state index contributed by atoms with van der Waals surface area (Å²) in [6.07, 6.45) is 2.17. The van der Waals surface area contributed by atoms with E-state index in [1.165, 1.54) is 20.9 Å². The van der Waals surface area contributed by atoms with Gasteiger partial charge in [-0.2, -0.15) is 0 Å². The zero-order valence-electron chi connectivity index (χ0n) is 9.39. The SMILES string of the molecule is C=C1C=C(c2ccccc2)Sc2ccccc21. The molecule has 0 aromatic heterocycles. The lowest BCUT2D eigenvalue weighted by Crippen LogP contribution is -1.92. The van der Waals surface area contributed by atoms with Crippen molar-refractivity contribution in [2.75, 3.05) is 0 Å². The average molecular weight is 236 g/mol. The first-order valence-corrected chi connectivity index (χ1v) is 6.39. The minimum absolute atomic E-state index is 1.10. The summed E-state index contributed by atoms with van der Waals surface area (Å²) < 4.78 is 0. The first-order chi connectivity index (χ1) is 8.34. The fraction of sp³-hybridized carbons (Fsp3) is 0. The first-order valence-electron chi connectivity index (χ1n) is 5.58. The van der Waals surface area contributed by atoms with E-state index >= 15 is 0 Å². The first kappa shape index (κ1) is 10.4. The molecule has 0 spiro atoms. The van der Waals surface area contributed by atoms with E-state index in [1.54, 1.807) is 0 Å². The minimum atomic E-state index is 1.10. The van der Waals surface area contributed by atoms with Crippen LogP contribution in [0.25, 0.3) is 10.5 Å². The van der Waals surface area contributed by atoms with Crippen molar-refractivity contribution in [3.63, 3.8) is 0 Å².